The molecule has 1 saturated carbocycles. The second kappa shape index (κ2) is 6.42. The third kappa shape index (κ3) is 3.28. The molecule has 4 nitrogen and oxygen atoms in total. The Morgan fingerprint density at radius 2 is 2.05 bits per heavy atom. The first kappa shape index (κ1) is 14.9. The summed E-state index contributed by atoms with van der Waals surface area (Å²) < 4.78 is 16.4. The van der Waals surface area contributed by atoms with Crippen LogP contribution < -0.4 is 14.8 Å². The van der Waals surface area contributed by atoms with E-state index in [1.165, 1.54) is 12.8 Å². The van der Waals surface area contributed by atoms with Crippen molar-refractivity contribution in [3.63, 3.8) is 0 Å². The monoisotopic (exact) mass is 311 g/mol. The second-order valence-corrected chi connectivity index (χ2v) is 6.17. The summed E-state index contributed by atoms with van der Waals surface area (Å²) >= 11 is 6.24. The second-order valence-electron chi connectivity index (χ2n) is 5.76. The maximum Gasteiger partial charge on any atom is 0.179 e. The molecular formula is C16H22ClNO3. The Bertz CT molecular complexity index is 505. The molecule has 1 N–H and O–H groups in total. The van der Waals surface area contributed by atoms with Gasteiger partial charge < -0.3 is 19.5 Å². The highest BCUT2D eigenvalue weighted by Crippen LogP contribution is 2.39. The molecule has 0 spiro atoms. The van der Waals surface area contributed by atoms with E-state index < -0.39 is 0 Å². The van der Waals surface area contributed by atoms with Gasteiger partial charge in [0, 0.05) is 19.2 Å². The van der Waals surface area contributed by atoms with Crippen molar-refractivity contribution in [2.75, 3.05) is 20.8 Å². The summed E-state index contributed by atoms with van der Waals surface area (Å²) in [7, 11) is 3.22. The third-order valence-electron chi connectivity index (χ3n) is 4.28. The van der Waals surface area contributed by atoms with Gasteiger partial charge in [-0.1, -0.05) is 11.6 Å². The van der Waals surface area contributed by atoms with Crippen molar-refractivity contribution in [3.8, 4) is 11.5 Å². The molecule has 0 aromatic heterocycles. The van der Waals surface area contributed by atoms with Gasteiger partial charge in [-0.25, -0.2) is 0 Å². The molecule has 2 fully saturated rings. The average molecular weight is 312 g/mol. The highest BCUT2D eigenvalue weighted by Gasteiger charge is 2.40. The van der Waals surface area contributed by atoms with Gasteiger partial charge in [-0.3, -0.25) is 0 Å². The molecule has 3 rings (SSSR count). The Balaban J connectivity index is 1.66. The van der Waals surface area contributed by atoms with E-state index in [1.54, 1.807) is 14.2 Å². The third-order valence-corrected chi connectivity index (χ3v) is 4.56. The van der Waals surface area contributed by atoms with Gasteiger partial charge in [0.25, 0.3) is 0 Å². The van der Waals surface area contributed by atoms with Crippen LogP contribution in [-0.4, -0.2) is 33.0 Å². The molecule has 5 heteroatoms. The number of ether oxygens (including phenoxy) is 3. The lowest BCUT2D eigenvalue weighted by Crippen LogP contribution is -2.37. The van der Waals surface area contributed by atoms with Crippen molar-refractivity contribution in [3.05, 3.63) is 22.7 Å². The quantitative estimate of drug-likeness (QED) is 0.876. The molecule has 1 heterocycles. The van der Waals surface area contributed by atoms with Crippen LogP contribution in [0.1, 0.15) is 24.8 Å². The lowest BCUT2D eigenvalue weighted by molar-refractivity contribution is 0.0809. The summed E-state index contributed by atoms with van der Waals surface area (Å²) in [5, 5.41) is 4.18. The van der Waals surface area contributed by atoms with Gasteiger partial charge in [0.05, 0.1) is 25.3 Å². The summed E-state index contributed by atoms with van der Waals surface area (Å²) in [4.78, 5) is 0. The minimum absolute atomic E-state index is 0.389. The fourth-order valence-corrected chi connectivity index (χ4v) is 3.35. The van der Waals surface area contributed by atoms with E-state index in [4.69, 9.17) is 25.8 Å². The minimum atomic E-state index is 0.389. The highest BCUT2D eigenvalue weighted by molar-refractivity contribution is 6.32. The Kier molecular flexibility index (Phi) is 4.57. The first-order valence-electron chi connectivity index (χ1n) is 7.48. The molecule has 0 radical (unpaired) electrons. The van der Waals surface area contributed by atoms with Gasteiger partial charge in [-0.2, -0.15) is 0 Å². The van der Waals surface area contributed by atoms with Crippen LogP contribution in [-0.2, 0) is 11.3 Å². The highest BCUT2D eigenvalue weighted by atomic mass is 35.5. The molecule has 0 amide bonds. The number of rotatable bonds is 6. The fraction of sp³-hybridized carbons (Fsp3) is 0.625. The summed E-state index contributed by atoms with van der Waals surface area (Å²) in [6.45, 7) is 1.63. The molecule has 2 unspecified atom stereocenters. The molecule has 2 atom stereocenters. The Labute approximate surface area is 130 Å². The van der Waals surface area contributed by atoms with E-state index in [0.29, 0.717) is 28.7 Å². The van der Waals surface area contributed by atoms with Gasteiger partial charge >= 0.3 is 0 Å². The normalized spacial score (nSPS) is 25.1. The van der Waals surface area contributed by atoms with Crippen molar-refractivity contribution in [2.24, 2.45) is 5.92 Å². The van der Waals surface area contributed by atoms with E-state index in [1.807, 2.05) is 12.1 Å². The van der Waals surface area contributed by atoms with E-state index in [2.05, 4.69) is 5.32 Å². The van der Waals surface area contributed by atoms with Crippen LogP contribution in [0.4, 0.5) is 0 Å². The molecule has 1 aromatic rings. The first-order valence-corrected chi connectivity index (χ1v) is 7.86. The molecule has 116 valence electrons. The lowest BCUT2D eigenvalue weighted by atomic mass is 10.1. The van der Waals surface area contributed by atoms with E-state index >= 15 is 0 Å². The van der Waals surface area contributed by atoms with E-state index in [-0.39, 0.29) is 0 Å². The number of methoxy groups -OCH3 is 2. The summed E-state index contributed by atoms with van der Waals surface area (Å²) in [6, 6.07) is 4.35. The van der Waals surface area contributed by atoms with Gasteiger partial charge in [-0.05, 0) is 42.9 Å². The van der Waals surface area contributed by atoms with Crippen molar-refractivity contribution < 1.29 is 14.2 Å². The van der Waals surface area contributed by atoms with Gasteiger partial charge in [0.1, 0.15) is 0 Å². The number of benzene rings is 1. The number of hydrogen-bond donors (Lipinski definition) is 1. The standard InChI is InChI=1S/C16H22ClNO3/c1-19-14-8-10(7-12(17)16(14)20-2)9-18-13-5-6-21-15(13)11-3-4-11/h7-8,11,13,15,18H,3-6,9H2,1-2H3. The van der Waals surface area contributed by atoms with Gasteiger partial charge in [0.2, 0.25) is 0 Å². The van der Waals surface area contributed by atoms with Crippen molar-refractivity contribution in [2.45, 2.75) is 38.0 Å². The van der Waals surface area contributed by atoms with Crippen LogP contribution in [0.5, 0.6) is 11.5 Å². The Morgan fingerprint density at radius 1 is 1.24 bits per heavy atom. The fourth-order valence-electron chi connectivity index (χ4n) is 3.04. The molecule has 1 saturated heterocycles. The lowest BCUT2D eigenvalue weighted by Gasteiger charge is -2.20. The van der Waals surface area contributed by atoms with E-state index in [9.17, 15) is 0 Å². The van der Waals surface area contributed by atoms with Crippen LogP contribution in [0.2, 0.25) is 5.02 Å². The predicted molar refractivity (Wildman–Crippen MR) is 82.3 cm³/mol. The molecule has 21 heavy (non-hydrogen) atoms. The maximum atomic E-state index is 6.24. The van der Waals surface area contributed by atoms with Crippen molar-refractivity contribution in [1.29, 1.82) is 0 Å². The maximum absolute atomic E-state index is 6.24. The number of halogens is 1. The van der Waals surface area contributed by atoms with Crippen LogP contribution in [0.25, 0.3) is 0 Å². The van der Waals surface area contributed by atoms with Crippen LogP contribution in [0.15, 0.2) is 12.1 Å². The minimum Gasteiger partial charge on any atom is -0.493 e. The SMILES string of the molecule is COc1cc(CNC2CCOC2C2CC2)cc(Cl)c1OC. The van der Waals surface area contributed by atoms with Crippen LogP contribution in [0.3, 0.4) is 0 Å². The smallest absolute Gasteiger partial charge is 0.179 e. The summed E-state index contributed by atoms with van der Waals surface area (Å²) in [5.41, 5.74) is 1.10. The Hall–Kier alpha value is -0.970. The molecule has 1 aromatic carbocycles. The first-order chi connectivity index (χ1) is 10.2. The molecular weight excluding hydrogens is 290 g/mol. The van der Waals surface area contributed by atoms with Gasteiger partial charge in [-0.15, -0.1) is 0 Å². The zero-order chi connectivity index (χ0) is 14.8. The van der Waals surface area contributed by atoms with Gasteiger partial charge in [0.15, 0.2) is 11.5 Å². The Morgan fingerprint density at radius 3 is 2.71 bits per heavy atom. The van der Waals surface area contributed by atoms with Crippen LogP contribution in [0, 0.1) is 5.92 Å². The number of hydrogen-bond acceptors (Lipinski definition) is 4. The van der Waals surface area contributed by atoms with Crippen LogP contribution >= 0.6 is 11.6 Å². The zero-order valence-electron chi connectivity index (χ0n) is 12.5. The summed E-state index contributed by atoms with van der Waals surface area (Å²) in [6.07, 6.45) is 4.10. The van der Waals surface area contributed by atoms with Crippen molar-refractivity contribution in [1.82, 2.24) is 5.32 Å². The topological polar surface area (TPSA) is 39.7 Å². The molecule has 1 aliphatic carbocycles. The largest absolute Gasteiger partial charge is 0.493 e. The molecule has 0 bridgehead atoms. The zero-order valence-corrected chi connectivity index (χ0v) is 13.3. The molecule has 2 aliphatic rings. The average Bonchev–Trinajstić information content (AvgIpc) is 3.23. The summed E-state index contributed by atoms with van der Waals surface area (Å²) in [5.74, 6) is 2.02. The molecule has 1 aliphatic heterocycles. The van der Waals surface area contributed by atoms with E-state index in [0.717, 1.165) is 31.1 Å². The van der Waals surface area contributed by atoms with Crippen molar-refractivity contribution >= 4 is 11.6 Å². The number of nitrogens with one attached hydrogen (secondary N) is 1. The predicted octanol–water partition coefficient (Wildman–Crippen LogP) is 3.01.